The molecule has 110 valence electrons. The first-order valence-corrected chi connectivity index (χ1v) is 7.81. The van der Waals surface area contributed by atoms with E-state index in [1.54, 1.807) is 0 Å². The Bertz CT molecular complexity index is 423. The topological polar surface area (TPSA) is 38.3 Å². The molecule has 20 heavy (non-hydrogen) atoms. The van der Waals surface area contributed by atoms with Crippen molar-refractivity contribution in [1.82, 2.24) is 0 Å². The van der Waals surface area contributed by atoms with Crippen molar-refractivity contribution >= 4 is 11.7 Å². The van der Waals surface area contributed by atoms with Gasteiger partial charge in [-0.3, -0.25) is 0 Å². The lowest BCUT2D eigenvalue weighted by Crippen LogP contribution is -2.16. The minimum atomic E-state index is -0.239. The van der Waals surface area contributed by atoms with Crippen molar-refractivity contribution in [3.05, 3.63) is 29.8 Å². The van der Waals surface area contributed by atoms with Gasteiger partial charge in [0.25, 0.3) is 0 Å². The molecule has 1 aliphatic carbocycles. The first kappa shape index (κ1) is 14.9. The van der Waals surface area contributed by atoms with E-state index < -0.39 is 0 Å². The number of esters is 1. The van der Waals surface area contributed by atoms with Gasteiger partial charge in [0, 0.05) is 12.2 Å². The second-order valence-electron chi connectivity index (χ2n) is 5.50. The highest BCUT2D eigenvalue weighted by Crippen LogP contribution is 2.24. The lowest BCUT2D eigenvalue weighted by atomic mass is 10.00. The molecule has 0 amide bonds. The maximum Gasteiger partial charge on any atom is 0.340 e. The summed E-state index contributed by atoms with van der Waals surface area (Å²) in [5.74, 6) is 0.490. The van der Waals surface area contributed by atoms with Gasteiger partial charge in [0.2, 0.25) is 0 Å². The standard InChI is InChI=1S/C17H25NO2/c1-2-20-17(19)15-11-7-8-12-16(15)18-13-14-9-5-3-4-6-10-14/h7-8,11-12,14,18H,2-6,9-10,13H2,1H3. The van der Waals surface area contributed by atoms with E-state index >= 15 is 0 Å². The summed E-state index contributed by atoms with van der Waals surface area (Å²) in [4.78, 5) is 11.9. The van der Waals surface area contributed by atoms with Gasteiger partial charge in [0.15, 0.2) is 0 Å². The Morgan fingerprint density at radius 3 is 2.60 bits per heavy atom. The Labute approximate surface area is 121 Å². The average Bonchev–Trinajstić information content (AvgIpc) is 2.74. The van der Waals surface area contributed by atoms with Crippen molar-refractivity contribution in [3.63, 3.8) is 0 Å². The SMILES string of the molecule is CCOC(=O)c1ccccc1NCC1CCCCCC1. The zero-order valence-corrected chi connectivity index (χ0v) is 12.4. The van der Waals surface area contributed by atoms with Crippen molar-refractivity contribution in [2.24, 2.45) is 5.92 Å². The molecular weight excluding hydrogens is 250 g/mol. The molecule has 0 bridgehead atoms. The number of nitrogens with one attached hydrogen (secondary N) is 1. The second kappa shape index (κ2) is 7.93. The quantitative estimate of drug-likeness (QED) is 0.645. The van der Waals surface area contributed by atoms with Crippen molar-refractivity contribution in [1.29, 1.82) is 0 Å². The highest BCUT2D eigenvalue weighted by Gasteiger charge is 2.15. The van der Waals surface area contributed by atoms with Gasteiger partial charge in [-0.15, -0.1) is 0 Å². The van der Waals surface area contributed by atoms with Crippen LogP contribution in [-0.2, 0) is 4.74 Å². The summed E-state index contributed by atoms with van der Waals surface area (Å²) < 4.78 is 5.10. The van der Waals surface area contributed by atoms with Crippen molar-refractivity contribution < 1.29 is 9.53 Å². The molecule has 1 aromatic carbocycles. The predicted molar refractivity (Wildman–Crippen MR) is 82.1 cm³/mol. The number of anilines is 1. The van der Waals surface area contributed by atoms with Gasteiger partial charge in [-0.1, -0.05) is 37.8 Å². The Balaban J connectivity index is 1.96. The molecule has 0 unspecified atom stereocenters. The van der Waals surface area contributed by atoms with Crippen LogP contribution in [0.25, 0.3) is 0 Å². The van der Waals surface area contributed by atoms with Crippen molar-refractivity contribution in [2.75, 3.05) is 18.5 Å². The molecule has 1 aliphatic rings. The van der Waals surface area contributed by atoms with E-state index in [9.17, 15) is 4.79 Å². The van der Waals surface area contributed by atoms with E-state index in [1.165, 1.54) is 38.5 Å². The summed E-state index contributed by atoms with van der Waals surface area (Å²) in [7, 11) is 0. The fourth-order valence-corrected chi connectivity index (χ4v) is 2.85. The first-order valence-electron chi connectivity index (χ1n) is 7.81. The molecule has 1 fully saturated rings. The molecule has 0 saturated heterocycles. The number of carbonyl (C=O) groups excluding carboxylic acids is 1. The lowest BCUT2D eigenvalue weighted by molar-refractivity contribution is 0.0527. The second-order valence-corrected chi connectivity index (χ2v) is 5.50. The van der Waals surface area contributed by atoms with Gasteiger partial charge in [0.1, 0.15) is 0 Å². The molecule has 1 aromatic rings. The molecule has 0 heterocycles. The number of para-hydroxylation sites is 1. The number of rotatable bonds is 5. The van der Waals surface area contributed by atoms with E-state index in [2.05, 4.69) is 5.32 Å². The number of hydrogen-bond acceptors (Lipinski definition) is 3. The smallest absolute Gasteiger partial charge is 0.340 e. The third-order valence-electron chi connectivity index (χ3n) is 3.98. The van der Waals surface area contributed by atoms with E-state index in [0.29, 0.717) is 12.2 Å². The maximum absolute atomic E-state index is 11.9. The minimum absolute atomic E-state index is 0.239. The number of ether oxygens (including phenoxy) is 1. The zero-order valence-electron chi connectivity index (χ0n) is 12.4. The molecule has 0 aromatic heterocycles. The van der Waals surface area contributed by atoms with Gasteiger partial charge >= 0.3 is 5.97 Å². The van der Waals surface area contributed by atoms with Crippen LogP contribution >= 0.6 is 0 Å². The number of hydrogen-bond donors (Lipinski definition) is 1. The summed E-state index contributed by atoms with van der Waals surface area (Å²) in [6, 6.07) is 7.62. The Kier molecular flexibility index (Phi) is 5.90. The Morgan fingerprint density at radius 2 is 1.90 bits per heavy atom. The van der Waals surface area contributed by atoms with Crippen LogP contribution in [0.5, 0.6) is 0 Å². The average molecular weight is 275 g/mol. The summed E-state index contributed by atoms with van der Waals surface area (Å²) in [6.07, 6.45) is 8.02. The zero-order chi connectivity index (χ0) is 14.2. The van der Waals surface area contributed by atoms with Gasteiger partial charge in [-0.2, -0.15) is 0 Å². The molecule has 0 aliphatic heterocycles. The highest BCUT2D eigenvalue weighted by molar-refractivity contribution is 5.95. The monoisotopic (exact) mass is 275 g/mol. The lowest BCUT2D eigenvalue weighted by Gasteiger charge is -2.17. The third kappa shape index (κ3) is 4.26. The number of carbonyl (C=O) groups is 1. The molecule has 0 spiro atoms. The summed E-state index contributed by atoms with van der Waals surface area (Å²) in [6.45, 7) is 3.20. The normalized spacial score (nSPS) is 16.4. The van der Waals surface area contributed by atoms with Gasteiger partial charge in [0.05, 0.1) is 12.2 Å². The largest absolute Gasteiger partial charge is 0.462 e. The van der Waals surface area contributed by atoms with Crippen LogP contribution in [0.2, 0.25) is 0 Å². The van der Waals surface area contributed by atoms with Crippen molar-refractivity contribution in [3.8, 4) is 0 Å². The molecule has 3 nitrogen and oxygen atoms in total. The summed E-state index contributed by atoms with van der Waals surface area (Å²) >= 11 is 0. The fourth-order valence-electron chi connectivity index (χ4n) is 2.85. The van der Waals surface area contributed by atoms with Gasteiger partial charge < -0.3 is 10.1 Å². The van der Waals surface area contributed by atoms with Crippen LogP contribution in [0.3, 0.4) is 0 Å². The van der Waals surface area contributed by atoms with Crippen LogP contribution in [-0.4, -0.2) is 19.1 Å². The van der Waals surface area contributed by atoms with E-state index in [-0.39, 0.29) is 5.97 Å². The first-order chi connectivity index (χ1) is 9.81. The highest BCUT2D eigenvalue weighted by atomic mass is 16.5. The van der Waals surface area contributed by atoms with Crippen LogP contribution < -0.4 is 5.32 Å². The molecular formula is C17H25NO2. The Morgan fingerprint density at radius 1 is 1.20 bits per heavy atom. The summed E-state index contributed by atoms with van der Waals surface area (Å²) in [5.41, 5.74) is 1.54. The molecule has 1 saturated carbocycles. The van der Waals surface area contributed by atoms with E-state index in [0.717, 1.165) is 18.2 Å². The molecule has 3 heteroatoms. The van der Waals surface area contributed by atoms with Gasteiger partial charge in [-0.25, -0.2) is 4.79 Å². The molecule has 0 radical (unpaired) electrons. The minimum Gasteiger partial charge on any atom is -0.462 e. The maximum atomic E-state index is 11.9. The van der Waals surface area contributed by atoms with E-state index in [1.807, 2.05) is 31.2 Å². The van der Waals surface area contributed by atoms with Crippen LogP contribution in [0.15, 0.2) is 24.3 Å². The fraction of sp³-hybridized carbons (Fsp3) is 0.588. The Hall–Kier alpha value is -1.51. The van der Waals surface area contributed by atoms with Crippen LogP contribution in [0.4, 0.5) is 5.69 Å². The van der Waals surface area contributed by atoms with Crippen LogP contribution in [0.1, 0.15) is 55.8 Å². The summed E-state index contributed by atoms with van der Waals surface area (Å²) in [5, 5.41) is 3.45. The van der Waals surface area contributed by atoms with Crippen molar-refractivity contribution in [2.45, 2.75) is 45.4 Å². The predicted octanol–water partition coefficient (Wildman–Crippen LogP) is 4.25. The van der Waals surface area contributed by atoms with E-state index in [4.69, 9.17) is 4.74 Å². The van der Waals surface area contributed by atoms with Gasteiger partial charge in [-0.05, 0) is 37.8 Å². The molecule has 2 rings (SSSR count). The van der Waals surface area contributed by atoms with Crippen LogP contribution in [0, 0.1) is 5.92 Å². The molecule has 0 atom stereocenters. The number of benzene rings is 1. The molecule has 1 N–H and O–H groups in total. The third-order valence-corrected chi connectivity index (χ3v) is 3.98.